The second-order valence-electron chi connectivity index (χ2n) is 6.11. The number of Topliss-reactive ketones (excluding diaryl/α,β-unsaturated/α-hetero) is 2. The van der Waals surface area contributed by atoms with Crippen molar-refractivity contribution in [2.24, 2.45) is 0 Å². The number of nitrogens with one attached hydrogen (secondary N) is 1. The molecule has 0 amide bonds. The van der Waals surface area contributed by atoms with Crippen molar-refractivity contribution in [3.63, 3.8) is 0 Å². The minimum atomic E-state index is -0.344. The number of ketones is 2. The third-order valence-corrected chi connectivity index (χ3v) is 5.26. The maximum atomic E-state index is 12.8. The van der Waals surface area contributed by atoms with Crippen molar-refractivity contribution < 1.29 is 9.59 Å². The van der Waals surface area contributed by atoms with Gasteiger partial charge in [-0.05, 0) is 59.6 Å². The number of aromatic nitrogens is 3. The van der Waals surface area contributed by atoms with E-state index in [1.54, 1.807) is 0 Å². The molecule has 2 aromatic rings. The van der Waals surface area contributed by atoms with Crippen LogP contribution in [0.5, 0.6) is 0 Å². The lowest BCUT2D eigenvalue weighted by Gasteiger charge is -2.11. The number of carbonyl (C=O) groups is 2. The van der Waals surface area contributed by atoms with Gasteiger partial charge in [-0.1, -0.05) is 11.8 Å². The topological polar surface area (TPSA) is 75.7 Å². The molecular weight excluding hydrogens is 322 g/mol. The number of carbonyl (C=O) groups excluding carboxylic acids is 2. The van der Waals surface area contributed by atoms with Crippen molar-refractivity contribution in [3.05, 3.63) is 39.5 Å². The molecule has 6 heteroatoms. The number of rotatable bonds is 5. The molecule has 0 saturated heterocycles. The summed E-state index contributed by atoms with van der Waals surface area (Å²) >= 11 is 1.34. The number of aryl methyl sites for hydroxylation is 3. The Labute approximate surface area is 146 Å². The number of thioether (sulfide) groups is 1. The van der Waals surface area contributed by atoms with Crippen molar-refractivity contribution in [3.8, 4) is 0 Å². The van der Waals surface area contributed by atoms with E-state index in [4.69, 9.17) is 0 Å². The SMILES string of the molecule is CC(=O)c1c(C)[nH]c(C(=O)C(C)Sc2nc(C)c(C)c(C)n2)c1C. The lowest BCUT2D eigenvalue weighted by molar-refractivity contribution is 0.0988. The molecule has 0 saturated carbocycles. The maximum absolute atomic E-state index is 12.8. The summed E-state index contributed by atoms with van der Waals surface area (Å²) in [5, 5.41) is 0.257. The predicted octanol–water partition coefficient (Wildman–Crippen LogP) is 3.91. The molecule has 2 aromatic heterocycles. The standard InChI is InChI=1S/C18H23N3O2S/c1-8-10(3)20-18(21-11(8)4)24-14(7)17(23)16-9(2)15(13(6)22)12(5)19-16/h14,19H,1-7H3. The maximum Gasteiger partial charge on any atom is 0.192 e. The van der Waals surface area contributed by atoms with Gasteiger partial charge in [-0.25, -0.2) is 9.97 Å². The summed E-state index contributed by atoms with van der Waals surface area (Å²) in [6.07, 6.45) is 0. The molecule has 1 unspecified atom stereocenters. The first kappa shape index (κ1) is 18.4. The molecule has 1 N–H and O–H groups in total. The van der Waals surface area contributed by atoms with Crippen LogP contribution < -0.4 is 0 Å². The summed E-state index contributed by atoms with van der Waals surface area (Å²) < 4.78 is 0. The largest absolute Gasteiger partial charge is 0.355 e. The first-order chi connectivity index (χ1) is 11.1. The lowest BCUT2D eigenvalue weighted by Crippen LogP contribution is -2.16. The summed E-state index contributed by atoms with van der Waals surface area (Å²) in [5.41, 5.74) is 5.48. The van der Waals surface area contributed by atoms with Crippen LogP contribution >= 0.6 is 11.8 Å². The van der Waals surface area contributed by atoms with Gasteiger partial charge in [0.05, 0.1) is 10.9 Å². The molecule has 128 valence electrons. The van der Waals surface area contributed by atoms with E-state index in [2.05, 4.69) is 15.0 Å². The van der Waals surface area contributed by atoms with Gasteiger partial charge in [-0.15, -0.1) is 0 Å². The van der Waals surface area contributed by atoms with Gasteiger partial charge in [0.25, 0.3) is 0 Å². The molecule has 0 radical (unpaired) electrons. The van der Waals surface area contributed by atoms with Crippen LogP contribution in [-0.2, 0) is 0 Å². The van der Waals surface area contributed by atoms with E-state index in [0.717, 1.165) is 28.2 Å². The zero-order valence-electron chi connectivity index (χ0n) is 15.2. The predicted molar refractivity (Wildman–Crippen MR) is 96.2 cm³/mol. The van der Waals surface area contributed by atoms with Crippen LogP contribution in [0.3, 0.4) is 0 Å². The highest BCUT2D eigenvalue weighted by molar-refractivity contribution is 8.00. The summed E-state index contributed by atoms with van der Waals surface area (Å²) in [6.45, 7) is 12.8. The summed E-state index contributed by atoms with van der Waals surface area (Å²) in [6, 6.07) is 0. The Morgan fingerprint density at radius 1 is 1.00 bits per heavy atom. The molecule has 0 spiro atoms. The Hall–Kier alpha value is -1.95. The fourth-order valence-corrected chi connectivity index (χ4v) is 3.65. The van der Waals surface area contributed by atoms with E-state index < -0.39 is 0 Å². The molecule has 2 heterocycles. The Bertz CT molecular complexity index is 801. The van der Waals surface area contributed by atoms with Crippen LogP contribution in [0, 0.1) is 34.6 Å². The smallest absolute Gasteiger partial charge is 0.192 e. The van der Waals surface area contributed by atoms with E-state index in [1.807, 2.05) is 41.5 Å². The van der Waals surface area contributed by atoms with Crippen LogP contribution in [0.4, 0.5) is 0 Å². The van der Waals surface area contributed by atoms with Crippen molar-refractivity contribution in [1.82, 2.24) is 15.0 Å². The molecule has 0 bridgehead atoms. The van der Waals surface area contributed by atoms with Gasteiger partial charge >= 0.3 is 0 Å². The molecule has 0 aromatic carbocycles. The van der Waals surface area contributed by atoms with Crippen LogP contribution in [0.2, 0.25) is 0 Å². The fourth-order valence-electron chi connectivity index (χ4n) is 2.73. The van der Waals surface area contributed by atoms with Gasteiger partial charge in [0.1, 0.15) is 0 Å². The number of H-pyrrole nitrogens is 1. The van der Waals surface area contributed by atoms with E-state index in [0.29, 0.717) is 16.4 Å². The summed E-state index contributed by atoms with van der Waals surface area (Å²) in [7, 11) is 0. The van der Waals surface area contributed by atoms with Gasteiger partial charge in [0, 0.05) is 22.6 Å². The highest BCUT2D eigenvalue weighted by atomic mass is 32.2. The lowest BCUT2D eigenvalue weighted by atomic mass is 10.0. The quantitative estimate of drug-likeness (QED) is 0.505. The van der Waals surface area contributed by atoms with Crippen molar-refractivity contribution >= 4 is 23.3 Å². The molecule has 0 aliphatic carbocycles. The van der Waals surface area contributed by atoms with Crippen LogP contribution in [0.25, 0.3) is 0 Å². The molecular formula is C18H23N3O2S. The highest BCUT2D eigenvalue weighted by Gasteiger charge is 2.25. The fraction of sp³-hybridized carbons (Fsp3) is 0.444. The normalized spacial score (nSPS) is 12.3. The van der Waals surface area contributed by atoms with E-state index in [-0.39, 0.29) is 16.8 Å². The summed E-state index contributed by atoms with van der Waals surface area (Å²) in [4.78, 5) is 36.5. The highest BCUT2D eigenvalue weighted by Crippen LogP contribution is 2.27. The second-order valence-corrected chi connectivity index (χ2v) is 7.42. The number of nitrogens with zero attached hydrogens (tertiary/aromatic N) is 2. The van der Waals surface area contributed by atoms with E-state index >= 15 is 0 Å². The molecule has 1 atom stereocenters. The van der Waals surface area contributed by atoms with Crippen LogP contribution in [0.15, 0.2) is 5.16 Å². The molecule has 2 rings (SSSR count). The average molecular weight is 345 g/mol. The van der Waals surface area contributed by atoms with Crippen molar-refractivity contribution in [2.45, 2.75) is 58.9 Å². The Morgan fingerprint density at radius 3 is 2.00 bits per heavy atom. The van der Waals surface area contributed by atoms with Gasteiger partial charge in [-0.2, -0.15) is 0 Å². The van der Waals surface area contributed by atoms with Gasteiger partial charge in [-0.3, -0.25) is 9.59 Å². The molecule has 5 nitrogen and oxygen atoms in total. The number of hydrogen-bond acceptors (Lipinski definition) is 5. The molecule has 0 aliphatic heterocycles. The third kappa shape index (κ3) is 3.43. The Morgan fingerprint density at radius 2 is 1.54 bits per heavy atom. The third-order valence-electron chi connectivity index (χ3n) is 4.30. The first-order valence-electron chi connectivity index (χ1n) is 7.86. The van der Waals surface area contributed by atoms with Gasteiger partial charge in [0.2, 0.25) is 0 Å². The average Bonchev–Trinajstić information content (AvgIpc) is 2.78. The summed E-state index contributed by atoms with van der Waals surface area (Å²) in [5.74, 6) is -0.0821. The van der Waals surface area contributed by atoms with E-state index in [1.165, 1.54) is 18.7 Å². The minimum Gasteiger partial charge on any atom is -0.355 e. The zero-order valence-corrected chi connectivity index (χ0v) is 16.0. The van der Waals surface area contributed by atoms with E-state index in [9.17, 15) is 9.59 Å². The minimum absolute atomic E-state index is 0.0336. The second kappa shape index (κ2) is 6.89. The monoisotopic (exact) mass is 345 g/mol. The van der Waals surface area contributed by atoms with Crippen LogP contribution in [-0.4, -0.2) is 31.8 Å². The van der Waals surface area contributed by atoms with Crippen LogP contribution in [0.1, 0.15) is 62.9 Å². The molecule has 0 fully saturated rings. The first-order valence-corrected chi connectivity index (χ1v) is 8.74. The van der Waals surface area contributed by atoms with Crippen molar-refractivity contribution in [2.75, 3.05) is 0 Å². The molecule has 24 heavy (non-hydrogen) atoms. The Balaban J connectivity index is 2.28. The number of hydrogen-bond donors (Lipinski definition) is 1. The van der Waals surface area contributed by atoms with Gasteiger partial charge < -0.3 is 4.98 Å². The van der Waals surface area contributed by atoms with Crippen molar-refractivity contribution in [1.29, 1.82) is 0 Å². The molecule has 0 aliphatic rings. The Kier molecular flexibility index (Phi) is 5.28. The zero-order chi connectivity index (χ0) is 18.2. The number of aromatic amines is 1. The van der Waals surface area contributed by atoms with Gasteiger partial charge in [0.15, 0.2) is 16.7 Å².